The Balaban J connectivity index is 1.86. The fourth-order valence-corrected chi connectivity index (χ4v) is 2.47. The first-order valence-electron chi connectivity index (χ1n) is 8.55. The molecule has 0 fully saturated rings. The van der Waals surface area contributed by atoms with E-state index in [2.05, 4.69) is 24.5 Å². The van der Waals surface area contributed by atoms with E-state index in [1.165, 1.54) is 0 Å². The molecule has 0 aliphatic carbocycles. The number of rotatable bonds is 8. The van der Waals surface area contributed by atoms with Gasteiger partial charge in [0, 0.05) is 12.1 Å². The molecule has 25 heavy (non-hydrogen) atoms. The molecule has 6 nitrogen and oxygen atoms in total. The van der Waals surface area contributed by atoms with Crippen molar-refractivity contribution in [3.8, 4) is 0 Å². The first kappa shape index (κ1) is 18.7. The van der Waals surface area contributed by atoms with Gasteiger partial charge in [0.25, 0.3) is 5.91 Å². The lowest BCUT2D eigenvalue weighted by molar-refractivity contribution is -0.678. The van der Waals surface area contributed by atoms with Crippen molar-refractivity contribution in [2.24, 2.45) is 5.92 Å². The van der Waals surface area contributed by atoms with Gasteiger partial charge < -0.3 is 15.1 Å². The van der Waals surface area contributed by atoms with Crippen LogP contribution in [0.2, 0.25) is 0 Å². The van der Waals surface area contributed by atoms with Crippen molar-refractivity contribution in [3.05, 3.63) is 60.1 Å². The minimum atomic E-state index is -0.451. The highest BCUT2D eigenvalue weighted by Crippen LogP contribution is 2.18. The van der Waals surface area contributed by atoms with Crippen molar-refractivity contribution >= 4 is 11.9 Å². The Hall–Kier alpha value is -2.60. The third kappa shape index (κ3) is 6.43. The Morgan fingerprint density at radius 3 is 2.52 bits per heavy atom. The summed E-state index contributed by atoms with van der Waals surface area (Å²) in [4.78, 5) is 23.7. The van der Waals surface area contributed by atoms with Crippen LogP contribution in [0.5, 0.6) is 0 Å². The van der Waals surface area contributed by atoms with E-state index >= 15 is 0 Å². The largest absolute Gasteiger partial charge is 0.463 e. The molecule has 0 spiro atoms. The summed E-state index contributed by atoms with van der Waals surface area (Å²) in [5.41, 5.74) is 1.03. The van der Waals surface area contributed by atoms with Crippen molar-refractivity contribution in [2.45, 2.75) is 26.3 Å². The van der Waals surface area contributed by atoms with Gasteiger partial charge in [0.1, 0.15) is 0 Å². The molecule has 2 rings (SSSR count). The lowest BCUT2D eigenvalue weighted by Gasteiger charge is -2.14. The molecule has 3 amide bonds. The molecular formula is C19H26N3O3+. The van der Waals surface area contributed by atoms with Crippen molar-refractivity contribution in [2.75, 3.05) is 13.1 Å². The van der Waals surface area contributed by atoms with Gasteiger partial charge in [-0.05, 0) is 24.5 Å². The molecule has 1 aromatic carbocycles. The number of carbonyl (C=O) groups excluding carboxylic acids is 2. The van der Waals surface area contributed by atoms with Gasteiger partial charge >= 0.3 is 6.03 Å². The van der Waals surface area contributed by atoms with Gasteiger partial charge in [0.2, 0.25) is 0 Å². The number of furan rings is 1. The first-order valence-corrected chi connectivity index (χ1v) is 8.55. The zero-order chi connectivity index (χ0) is 18.1. The number of quaternary nitrogens is 1. The fraction of sp³-hybridized carbons (Fsp3) is 0.368. The lowest BCUT2D eigenvalue weighted by Crippen LogP contribution is -2.87. The van der Waals surface area contributed by atoms with Crippen LogP contribution < -0.4 is 16.0 Å². The van der Waals surface area contributed by atoms with E-state index in [0.29, 0.717) is 12.5 Å². The van der Waals surface area contributed by atoms with Crippen molar-refractivity contribution in [3.63, 3.8) is 0 Å². The van der Waals surface area contributed by atoms with Crippen LogP contribution >= 0.6 is 0 Å². The van der Waals surface area contributed by atoms with Crippen molar-refractivity contribution in [1.29, 1.82) is 0 Å². The molecule has 0 unspecified atom stereocenters. The maximum Gasteiger partial charge on any atom is 0.321 e. The van der Waals surface area contributed by atoms with E-state index in [-0.39, 0.29) is 18.5 Å². The molecule has 1 atom stereocenters. The summed E-state index contributed by atoms with van der Waals surface area (Å²) < 4.78 is 5.50. The summed E-state index contributed by atoms with van der Waals surface area (Å²) in [5, 5.41) is 6.90. The molecule has 134 valence electrons. The monoisotopic (exact) mass is 344 g/mol. The summed E-state index contributed by atoms with van der Waals surface area (Å²) in [6.45, 7) is 4.84. The average molecular weight is 344 g/mol. The van der Waals surface area contributed by atoms with Gasteiger partial charge in [-0.25, -0.2) is 4.79 Å². The van der Waals surface area contributed by atoms with Crippen LogP contribution in [-0.4, -0.2) is 25.0 Å². The topological polar surface area (TPSA) is 88.0 Å². The van der Waals surface area contributed by atoms with Crippen molar-refractivity contribution < 1.29 is 19.3 Å². The highest BCUT2D eigenvalue weighted by Gasteiger charge is 2.21. The summed E-state index contributed by atoms with van der Waals surface area (Å²) in [5.74, 6) is 0.930. The van der Waals surface area contributed by atoms with Gasteiger partial charge in [-0.15, -0.1) is 0 Å². The standard InChI is InChI=1S/C19H25N3O3/c1-14(2)10-11-20-19(24)22-17(23)13-21-18(16-9-6-12-25-16)15-7-4-3-5-8-15/h3-9,12,14,18,21H,10-11,13H2,1-2H3,(H2,20,22,23,24)/p+1/t18-/m0/s1. The molecule has 1 heterocycles. The second-order valence-corrected chi connectivity index (χ2v) is 6.33. The molecule has 0 aliphatic heterocycles. The Kier molecular flexibility index (Phi) is 7.22. The molecule has 0 bridgehead atoms. The van der Waals surface area contributed by atoms with Gasteiger partial charge in [-0.3, -0.25) is 10.1 Å². The molecule has 0 aliphatic rings. The number of amides is 3. The number of imide groups is 1. The number of benzene rings is 1. The predicted molar refractivity (Wildman–Crippen MR) is 94.8 cm³/mol. The number of hydrogen-bond donors (Lipinski definition) is 3. The Labute approximate surface area is 148 Å². The average Bonchev–Trinajstić information content (AvgIpc) is 3.10. The number of carbonyl (C=O) groups is 2. The van der Waals surface area contributed by atoms with Gasteiger partial charge in [0.15, 0.2) is 18.3 Å². The van der Waals surface area contributed by atoms with Crippen LogP contribution in [0.1, 0.15) is 37.6 Å². The minimum absolute atomic E-state index is 0.123. The van der Waals surface area contributed by atoms with E-state index in [4.69, 9.17) is 4.42 Å². The molecule has 0 saturated carbocycles. The number of hydrogen-bond acceptors (Lipinski definition) is 3. The van der Waals surface area contributed by atoms with E-state index in [1.54, 1.807) is 6.26 Å². The normalized spacial score (nSPS) is 12.0. The quantitative estimate of drug-likeness (QED) is 0.682. The van der Waals surface area contributed by atoms with Crippen LogP contribution in [0.4, 0.5) is 4.79 Å². The summed E-state index contributed by atoms with van der Waals surface area (Å²) in [6.07, 6.45) is 2.49. The predicted octanol–water partition coefficient (Wildman–Crippen LogP) is 1.80. The maximum absolute atomic E-state index is 12.0. The SMILES string of the molecule is CC(C)CCNC(=O)NC(=O)C[NH2+][C@@H](c1ccccc1)c1ccco1. The summed E-state index contributed by atoms with van der Waals surface area (Å²) in [7, 11) is 0. The van der Waals surface area contributed by atoms with Gasteiger partial charge in [0.05, 0.1) is 6.26 Å². The first-order chi connectivity index (χ1) is 12.1. The highest BCUT2D eigenvalue weighted by atomic mass is 16.3. The summed E-state index contributed by atoms with van der Waals surface area (Å²) in [6, 6.07) is 12.9. The Bertz CT molecular complexity index is 654. The van der Waals surface area contributed by atoms with E-state index in [1.807, 2.05) is 47.8 Å². The van der Waals surface area contributed by atoms with Crippen LogP contribution in [0.3, 0.4) is 0 Å². The van der Waals surface area contributed by atoms with E-state index in [0.717, 1.165) is 17.7 Å². The zero-order valence-electron chi connectivity index (χ0n) is 14.7. The third-order valence-electron chi connectivity index (χ3n) is 3.81. The fourth-order valence-electron chi connectivity index (χ4n) is 2.47. The van der Waals surface area contributed by atoms with Crippen LogP contribution in [0.15, 0.2) is 53.1 Å². The van der Waals surface area contributed by atoms with Crippen LogP contribution in [0.25, 0.3) is 0 Å². The van der Waals surface area contributed by atoms with E-state index < -0.39 is 6.03 Å². The molecule has 2 aromatic rings. The second kappa shape index (κ2) is 9.64. The third-order valence-corrected chi connectivity index (χ3v) is 3.81. The highest BCUT2D eigenvalue weighted by molar-refractivity contribution is 5.94. The van der Waals surface area contributed by atoms with Crippen molar-refractivity contribution in [1.82, 2.24) is 10.6 Å². The molecule has 4 N–H and O–H groups in total. The van der Waals surface area contributed by atoms with E-state index in [9.17, 15) is 9.59 Å². The number of nitrogens with two attached hydrogens (primary N) is 1. The molecular weight excluding hydrogens is 318 g/mol. The van der Waals surface area contributed by atoms with Crippen LogP contribution in [-0.2, 0) is 4.79 Å². The number of nitrogens with one attached hydrogen (secondary N) is 2. The van der Waals surface area contributed by atoms with Gasteiger partial charge in [-0.1, -0.05) is 44.2 Å². The number of urea groups is 1. The zero-order valence-corrected chi connectivity index (χ0v) is 14.7. The lowest BCUT2D eigenvalue weighted by atomic mass is 10.0. The second-order valence-electron chi connectivity index (χ2n) is 6.33. The molecule has 1 aromatic heterocycles. The molecule has 6 heteroatoms. The van der Waals surface area contributed by atoms with Gasteiger partial charge in [-0.2, -0.15) is 0 Å². The minimum Gasteiger partial charge on any atom is -0.463 e. The Morgan fingerprint density at radius 1 is 1.12 bits per heavy atom. The maximum atomic E-state index is 12.0. The smallest absolute Gasteiger partial charge is 0.321 e. The summed E-state index contributed by atoms with van der Waals surface area (Å²) >= 11 is 0. The van der Waals surface area contributed by atoms with Crippen LogP contribution in [0, 0.1) is 5.92 Å². The molecule has 0 saturated heterocycles. The molecule has 0 radical (unpaired) electrons. The Morgan fingerprint density at radius 2 is 1.88 bits per heavy atom.